The van der Waals surface area contributed by atoms with Gasteiger partial charge in [-0.05, 0) is 12.8 Å². The average Bonchev–Trinajstić information content (AvgIpc) is 2.65. The normalized spacial score (nSPS) is 10.9. The smallest absolute Gasteiger partial charge is 0.303 e. The van der Waals surface area contributed by atoms with E-state index >= 15 is 0 Å². The maximum atomic E-state index is 10.8. The SMILES string of the molecule is O=C(O)CCCCCCCCCCCCCCCCCCCCC(=O)NO. The van der Waals surface area contributed by atoms with E-state index in [2.05, 4.69) is 0 Å². The van der Waals surface area contributed by atoms with Crippen molar-refractivity contribution in [2.45, 2.75) is 128 Å². The number of carbonyl (C=O) groups is 2. The summed E-state index contributed by atoms with van der Waals surface area (Å²) in [4.78, 5) is 21.2. The van der Waals surface area contributed by atoms with Crippen molar-refractivity contribution >= 4 is 11.9 Å². The van der Waals surface area contributed by atoms with Crippen LogP contribution in [-0.2, 0) is 9.59 Å². The predicted octanol–water partition coefficient (Wildman–Crippen LogP) is 6.38. The van der Waals surface area contributed by atoms with Crippen LogP contribution in [0.5, 0.6) is 0 Å². The monoisotopic (exact) mass is 385 g/mol. The molecule has 0 aromatic heterocycles. The molecule has 0 radical (unpaired) electrons. The van der Waals surface area contributed by atoms with E-state index in [1.807, 2.05) is 0 Å². The van der Waals surface area contributed by atoms with Gasteiger partial charge in [-0.25, -0.2) is 5.48 Å². The molecule has 0 unspecified atom stereocenters. The highest BCUT2D eigenvalue weighted by atomic mass is 16.5. The molecule has 0 rings (SSSR count). The van der Waals surface area contributed by atoms with Gasteiger partial charge in [-0.3, -0.25) is 14.8 Å². The highest BCUT2D eigenvalue weighted by molar-refractivity contribution is 5.74. The summed E-state index contributed by atoms with van der Waals surface area (Å²) >= 11 is 0. The van der Waals surface area contributed by atoms with Crippen molar-refractivity contribution in [3.05, 3.63) is 0 Å². The Bertz CT molecular complexity index is 347. The van der Waals surface area contributed by atoms with Crippen LogP contribution in [0.25, 0.3) is 0 Å². The van der Waals surface area contributed by atoms with Crippen molar-refractivity contribution in [2.24, 2.45) is 0 Å². The Morgan fingerprint density at radius 3 is 1.00 bits per heavy atom. The molecule has 0 aliphatic carbocycles. The van der Waals surface area contributed by atoms with E-state index in [1.54, 1.807) is 5.48 Å². The molecular weight excluding hydrogens is 342 g/mol. The molecule has 0 aliphatic rings. The number of unbranched alkanes of at least 4 members (excludes halogenated alkanes) is 17. The first-order valence-electron chi connectivity index (χ1n) is 11.3. The van der Waals surface area contributed by atoms with Gasteiger partial charge in [-0.2, -0.15) is 0 Å². The first-order chi connectivity index (χ1) is 13.2. The van der Waals surface area contributed by atoms with Crippen LogP contribution in [0.4, 0.5) is 0 Å². The molecular formula is C22H43NO4. The third kappa shape index (κ3) is 22.9. The van der Waals surface area contributed by atoms with E-state index in [1.165, 1.54) is 89.9 Å². The molecule has 3 N–H and O–H groups in total. The third-order valence-corrected chi connectivity index (χ3v) is 5.17. The molecule has 0 bridgehead atoms. The number of hydrogen-bond donors (Lipinski definition) is 3. The van der Waals surface area contributed by atoms with Crippen LogP contribution >= 0.6 is 0 Å². The van der Waals surface area contributed by atoms with E-state index in [4.69, 9.17) is 10.3 Å². The lowest BCUT2D eigenvalue weighted by atomic mass is 10.0. The number of carboxylic acid groups (broad SMARTS) is 1. The van der Waals surface area contributed by atoms with Crippen LogP contribution in [0.3, 0.4) is 0 Å². The average molecular weight is 386 g/mol. The van der Waals surface area contributed by atoms with Crippen molar-refractivity contribution in [3.8, 4) is 0 Å². The zero-order valence-corrected chi connectivity index (χ0v) is 17.4. The number of amides is 1. The second-order valence-corrected chi connectivity index (χ2v) is 7.79. The fourth-order valence-electron chi connectivity index (χ4n) is 3.45. The number of nitrogens with one attached hydrogen (secondary N) is 1. The maximum absolute atomic E-state index is 10.8. The Hall–Kier alpha value is -1.10. The number of aliphatic carboxylic acids is 1. The fraction of sp³-hybridized carbons (Fsp3) is 0.909. The summed E-state index contributed by atoms with van der Waals surface area (Å²) in [5, 5.41) is 16.9. The zero-order chi connectivity index (χ0) is 20.0. The van der Waals surface area contributed by atoms with Gasteiger partial charge in [-0.15, -0.1) is 0 Å². The van der Waals surface area contributed by atoms with Crippen LogP contribution < -0.4 is 5.48 Å². The lowest BCUT2D eigenvalue weighted by Gasteiger charge is -2.04. The van der Waals surface area contributed by atoms with E-state index in [0.29, 0.717) is 12.8 Å². The first kappa shape index (κ1) is 25.9. The second-order valence-electron chi connectivity index (χ2n) is 7.79. The molecule has 0 aromatic carbocycles. The minimum Gasteiger partial charge on any atom is -0.481 e. The molecule has 160 valence electrons. The largest absolute Gasteiger partial charge is 0.481 e. The zero-order valence-electron chi connectivity index (χ0n) is 17.4. The highest BCUT2D eigenvalue weighted by Crippen LogP contribution is 2.14. The molecule has 27 heavy (non-hydrogen) atoms. The Kier molecular flexibility index (Phi) is 20.3. The van der Waals surface area contributed by atoms with Crippen molar-refractivity contribution in [3.63, 3.8) is 0 Å². The Morgan fingerprint density at radius 1 is 0.481 bits per heavy atom. The van der Waals surface area contributed by atoms with Gasteiger partial charge in [0.25, 0.3) is 0 Å². The molecule has 5 nitrogen and oxygen atoms in total. The van der Waals surface area contributed by atoms with Gasteiger partial charge in [0, 0.05) is 12.8 Å². The van der Waals surface area contributed by atoms with E-state index in [0.717, 1.165) is 25.7 Å². The summed E-state index contributed by atoms with van der Waals surface area (Å²) < 4.78 is 0. The summed E-state index contributed by atoms with van der Waals surface area (Å²) in [5.41, 5.74) is 1.67. The van der Waals surface area contributed by atoms with E-state index < -0.39 is 5.97 Å². The highest BCUT2D eigenvalue weighted by Gasteiger charge is 1.99. The van der Waals surface area contributed by atoms with Gasteiger partial charge < -0.3 is 5.11 Å². The minimum absolute atomic E-state index is 0.275. The fourth-order valence-corrected chi connectivity index (χ4v) is 3.45. The predicted molar refractivity (Wildman–Crippen MR) is 110 cm³/mol. The molecule has 0 aromatic rings. The summed E-state index contributed by atoms with van der Waals surface area (Å²) in [6.45, 7) is 0. The molecule has 0 saturated carbocycles. The Morgan fingerprint density at radius 2 is 0.741 bits per heavy atom. The quantitative estimate of drug-likeness (QED) is 0.122. The summed E-state index contributed by atoms with van der Waals surface area (Å²) in [6.07, 6.45) is 22.9. The van der Waals surface area contributed by atoms with E-state index in [-0.39, 0.29) is 5.91 Å². The minimum atomic E-state index is -0.669. The Labute approximate surface area is 166 Å². The molecule has 0 spiro atoms. The Balaban J connectivity index is 3.03. The van der Waals surface area contributed by atoms with Crippen LogP contribution in [0.2, 0.25) is 0 Å². The standard InChI is InChI=1S/C22H43NO4/c24-21(23-27)19-17-15-13-11-9-7-5-3-1-2-4-6-8-10-12-14-16-18-20-22(25)26/h27H,1-20H2,(H,23,24)(H,25,26). The maximum Gasteiger partial charge on any atom is 0.303 e. The molecule has 0 heterocycles. The summed E-state index contributed by atoms with van der Waals surface area (Å²) in [5.74, 6) is -0.944. The number of rotatable bonds is 21. The number of carboxylic acids is 1. The molecule has 0 fully saturated rings. The summed E-state index contributed by atoms with van der Waals surface area (Å²) in [7, 11) is 0. The van der Waals surface area contributed by atoms with Crippen molar-refractivity contribution in [2.75, 3.05) is 0 Å². The van der Waals surface area contributed by atoms with Crippen molar-refractivity contribution in [1.29, 1.82) is 0 Å². The third-order valence-electron chi connectivity index (χ3n) is 5.17. The molecule has 0 atom stereocenters. The second kappa shape index (κ2) is 21.2. The van der Waals surface area contributed by atoms with Gasteiger partial charge in [0.2, 0.25) is 5.91 Å². The molecule has 0 aliphatic heterocycles. The lowest BCUT2D eigenvalue weighted by molar-refractivity contribution is -0.137. The van der Waals surface area contributed by atoms with Gasteiger partial charge >= 0.3 is 5.97 Å². The van der Waals surface area contributed by atoms with Crippen molar-refractivity contribution in [1.82, 2.24) is 5.48 Å². The van der Waals surface area contributed by atoms with Gasteiger partial charge in [-0.1, -0.05) is 103 Å². The van der Waals surface area contributed by atoms with Crippen LogP contribution in [0.15, 0.2) is 0 Å². The molecule has 1 amide bonds. The number of hydrogen-bond acceptors (Lipinski definition) is 3. The molecule has 5 heteroatoms. The lowest BCUT2D eigenvalue weighted by Crippen LogP contribution is -2.17. The number of carbonyl (C=O) groups excluding carboxylic acids is 1. The topological polar surface area (TPSA) is 86.6 Å². The molecule has 0 saturated heterocycles. The first-order valence-corrected chi connectivity index (χ1v) is 11.3. The van der Waals surface area contributed by atoms with Crippen LogP contribution in [0, 0.1) is 0 Å². The van der Waals surface area contributed by atoms with Crippen LogP contribution in [-0.4, -0.2) is 22.2 Å². The van der Waals surface area contributed by atoms with Crippen LogP contribution in [0.1, 0.15) is 128 Å². The van der Waals surface area contributed by atoms with Crippen molar-refractivity contribution < 1.29 is 19.9 Å². The van der Waals surface area contributed by atoms with Gasteiger partial charge in [0.1, 0.15) is 0 Å². The van der Waals surface area contributed by atoms with Gasteiger partial charge in [0.15, 0.2) is 0 Å². The van der Waals surface area contributed by atoms with Gasteiger partial charge in [0.05, 0.1) is 0 Å². The number of hydroxylamine groups is 1. The van der Waals surface area contributed by atoms with E-state index in [9.17, 15) is 9.59 Å². The summed E-state index contributed by atoms with van der Waals surface area (Å²) in [6, 6.07) is 0.